The maximum Gasteiger partial charge on any atom is 0.236 e. The molecule has 1 heterocycles. The Hall–Kier alpha value is -0.610. The van der Waals surface area contributed by atoms with E-state index in [1.165, 1.54) is 0 Å². The van der Waals surface area contributed by atoms with Gasteiger partial charge in [0.1, 0.15) is 0 Å². The first-order valence-electron chi connectivity index (χ1n) is 4.69. The van der Waals surface area contributed by atoms with Crippen LogP contribution in [0.4, 0.5) is 0 Å². The molecule has 1 fully saturated rings. The summed E-state index contributed by atoms with van der Waals surface area (Å²) < 4.78 is 4.95. The highest BCUT2D eigenvalue weighted by Crippen LogP contribution is 2.01. The van der Waals surface area contributed by atoms with E-state index in [0.717, 1.165) is 26.1 Å². The number of ether oxygens (including phenoxy) is 1. The molecule has 0 aliphatic carbocycles. The molecule has 1 amide bonds. The summed E-state index contributed by atoms with van der Waals surface area (Å²) in [7, 11) is 3.64. The molecule has 13 heavy (non-hydrogen) atoms. The summed E-state index contributed by atoms with van der Waals surface area (Å²) >= 11 is 0. The standard InChI is InChI=1S/C9H18N2O2/c1-10-4-3-5-11(6-7-13-2)9(12)8-10/h3-8H2,1-2H3. The molecule has 0 atom stereocenters. The quantitative estimate of drug-likeness (QED) is 0.612. The van der Waals surface area contributed by atoms with Gasteiger partial charge in [-0.1, -0.05) is 0 Å². The van der Waals surface area contributed by atoms with Gasteiger partial charge in [-0.3, -0.25) is 9.69 Å². The van der Waals surface area contributed by atoms with Gasteiger partial charge >= 0.3 is 0 Å². The van der Waals surface area contributed by atoms with Crippen LogP contribution in [-0.2, 0) is 9.53 Å². The first-order chi connectivity index (χ1) is 6.24. The Balaban J connectivity index is 2.39. The average Bonchev–Trinajstić information content (AvgIpc) is 2.24. The predicted octanol–water partition coefficient (Wildman–Crippen LogP) is -0.203. The van der Waals surface area contributed by atoms with Crippen LogP contribution >= 0.6 is 0 Å². The first-order valence-corrected chi connectivity index (χ1v) is 4.69. The summed E-state index contributed by atoms with van der Waals surface area (Å²) in [6, 6.07) is 0. The van der Waals surface area contributed by atoms with Gasteiger partial charge in [-0.2, -0.15) is 0 Å². The van der Waals surface area contributed by atoms with Crippen molar-refractivity contribution in [1.29, 1.82) is 0 Å². The van der Waals surface area contributed by atoms with E-state index in [2.05, 4.69) is 4.90 Å². The number of carbonyl (C=O) groups is 1. The zero-order valence-corrected chi connectivity index (χ0v) is 8.45. The van der Waals surface area contributed by atoms with E-state index in [1.807, 2.05) is 11.9 Å². The summed E-state index contributed by atoms with van der Waals surface area (Å²) in [4.78, 5) is 15.5. The number of methoxy groups -OCH3 is 1. The van der Waals surface area contributed by atoms with Crippen LogP contribution in [0, 0.1) is 0 Å². The van der Waals surface area contributed by atoms with Crippen LogP contribution in [0.3, 0.4) is 0 Å². The van der Waals surface area contributed by atoms with E-state index in [-0.39, 0.29) is 5.91 Å². The fraction of sp³-hybridized carbons (Fsp3) is 0.889. The number of carbonyl (C=O) groups excluding carboxylic acids is 1. The molecule has 0 saturated carbocycles. The predicted molar refractivity (Wildman–Crippen MR) is 50.6 cm³/mol. The van der Waals surface area contributed by atoms with Crippen LogP contribution in [0.1, 0.15) is 6.42 Å². The minimum Gasteiger partial charge on any atom is -0.383 e. The van der Waals surface area contributed by atoms with Crippen molar-refractivity contribution in [3.63, 3.8) is 0 Å². The Labute approximate surface area is 79.4 Å². The largest absolute Gasteiger partial charge is 0.383 e. The molecule has 0 N–H and O–H groups in total. The smallest absolute Gasteiger partial charge is 0.236 e. The van der Waals surface area contributed by atoms with Gasteiger partial charge < -0.3 is 9.64 Å². The summed E-state index contributed by atoms with van der Waals surface area (Å²) in [6.07, 6.45) is 1.06. The van der Waals surface area contributed by atoms with E-state index >= 15 is 0 Å². The van der Waals surface area contributed by atoms with Gasteiger partial charge in [0.2, 0.25) is 5.91 Å². The van der Waals surface area contributed by atoms with Gasteiger partial charge in [0.25, 0.3) is 0 Å². The van der Waals surface area contributed by atoms with Gasteiger partial charge in [-0.05, 0) is 13.5 Å². The monoisotopic (exact) mass is 186 g/mol. The third kappa shape index (κ3) is 3.32. The maximum absolute atomic E-state index is 11.6. The van der Waals surface area contributed by atoms with Crippen LogP contribution in [0.15, 0.2) is 0 Å². The number of likely N-dealkylation sites (N-methyl/N-ethyl adjacent to an activating group) is 1. The number of amides is 1. The highest BCUT2D eigenvalue weighted by Gasteiger charge is 2.18. The van der Waals surface area contributed by atoms with Crippen molar-refractivity contribution in [1.82, 2.24) is 9.80 Å². The summed E-state index contributed by atoms with van der Waals surface area (Å²) in [6.45, 7) is 3.78. The van der Waals surface area contributed by atoms with Crippen molar-refractivity contribution in [2.24, 2.45) is 0 Å². The summed E-state index contributed by atoms with van der Waals surface area (Å²) in [5.74, 6) is 0.219. The molecule has 76 valence electrons. The molecule has 4 heteroatoms. The van der Waals surface area contributed by atoms with E-state index in [0.29, 0.717) is 13.2 Å². The second-order valence-corrected chi connectivity index (χ2v) is 3.46. The lowest BCUT2D eigenvalue weighted by atomic mass is 10.4. The molecule has 0 aromatic rings. The lowest BCUT2D eigenvalue weighted by Crippen LogP contribution is -2.37. The molecule has 1 aliphatic rings. The summed E-state index contributed by atoms with van der Waals surface area (Å²) in [5.41, 5.74) is 0. The third-order valence-corrected chi connectivity index (χ3v) is 2.29. The van der Waals surface area contributed by atoms with E-state index in [1.54, 1.807) is 7.11 Å². The molecule has 4 nitrogen and oxygen atoms in total. The van der Waals surface area contributed by atoms with Crippen molar-refractivity contribution in [3.8, 4) is 0 Å². The van der Waals surface area contributed by atoms with E-state index in [4.69, 9.17) is 4.74 Å². The SMILES string of the molecule is COCCN1CCCN(C)CC1=O. The van der Waals surface area contributed by atoms with E-state index in [9.17, 15) is 4.79 Å². The molecule has 1 aliphatic heterocycles. The van der Waals surface area contributed by atoms with Crippen LogP contribution in [0.5, 0.6) is 0 Å². The molecule has 1 saturated heterocycles. The zero-order chi connectivity index (χ0) is 9.68. The minimum atomic E-state index is 0.219. The first kappa shape index (κ1) is 10.5. The van der Waals surface area contributed by atoms with Crippen LogP contribution in [-0.4, -0.2) is 62.7 Å². The maximum atomic E-state index is 11.6. The molecular weight excluding hydrogens is 168 g/mol. The molecule has 0 bridgehead atoms. The highest BCUT2D eigenvalue weighted by molar-refractivity contribution is 5.78. The van der Waals surface area contributed by atoms with Crippen LogP contribution < -0.4 is 0 Å². The van der Waals surface area contributed by atoms with Gasteiger partial charge in [-0.15, -0.1) is 0 Å². The fourth-order valence-corrected chi connectivity index (χ4v) is 1.50. The molecule has 0 spiro atoms. The molecule has 1 rings (SSSR count). The normalized spacial score (nSPS) is 20.5. The van der Waals surface area contributed by atoms with Gasteiger partial charge in [-0.25, -0.2) is 0 Å². The van der Waals surface area contributed by atoms with Crippen molar-refractivity contribution in [2.75, 3.05) is 46.9 Å². The van der Waals surface area contributed by atoms with Gasteiger partial charge in [0.15, 0.2) is 0 Å². The lowest BCUT2D eigenvalue weighted by Gasteiger charge is -2.19. The Morgan fingerprint density at radius 1 is 1.46 bits per heavy atom. The second kappa shape index (κ2) is 5.19. The molecule has 0 aromatic carbocycles. The lowest BCUT2D eigenvalue weighted by molar-refractivity contribution is -0.131. The Morgan fingerprint density at radius 2 is 2.23 bits per heavy atom. The molecule has 0 radical (unpaired) electrons. The average molecular weight is 186 g/mol. The van der Waals surface area contributed by atoms with Crippen molar-refractivity contribution in [3.05, 3.63) is 0 Å². The second-order valence-electron chi connectivity index (χ2n) is 3.46. The topological polar surface area (TPSA) is 32.8 Å². The number of hydrogen-bond donors (Lipinski definition) is 0. The van der Waals surface area contributed by atoms with Crippen LogP contribution in [0.2, 0.25) is 0 Å². The van der Waals surface area contributed by atoms with Gasteiger partial charge in [0.05, 0.1) is 13.2 Å². The highest BCUT2D eigenvalue weighted by atomic mass is 16.5. The Kier molecular flexibility index (Phi) is 4.18. The summed E-state index contributed by atoms with van der Waals surface area (Å²) in [5, 5.41) is 0. The number of nitrogens with zero attached hydrogens (tertiary/aromatic N) is 2. The Bertz CT molecular complexity index is 171. The molecule has 0 aromatic heterocycles. The van der Waals surface area contributed by atoms with Crippen molar-refractivity contribution in [2.45, 2.75) is 6.42 Å². The van der Waals surface area contributed by atoms with E-state index < -0.39 is 0 Å². The van der Waals surface area contributed by atoms with Crippen LogP contribution in [0.25, 0.3) is 0 Å². The van der Waals surface area contributed by atoms with Crippen molar-refractivity contribution < 1.29 is 9.53 Å². The van der Waals surface area contributed by atoms with Gasteiger partial charge in [0, 0.05) is 26.7 Å². The fourth-order valence-electron chi connectivity index (χ4n) is 1.50. The van der Waals surface area contributed by atoms with Crippen molar-refractivity contribution >= 4 is 5.91 Å². The minimum absolute atomic E-state index is 0.219. The molecular formula is C9H18N2O2. The number of rotatable bonds is 3. The Morgan fingerprint density at radius 3 is 2.92 bits per heavy atom. The third-order valence-electron chi connectivity index (χ3n) is 2.29. The number of hydrogen-bond acceptors (Lipinski definition) is 3. The molecule has 0 unspecified atom stereocenters. The zero-order valence-electron chi connectivity index (χ0n) is 8.45.